The van der Waals surface area contributed by atoms with E-state index in [4.69, 9.17) is 18.8 Å². The molecule has 0 saturated carbocycles. The van der Waals surface area contributed by atoms with Crippen LogP contribution in [0.15, 0.2) is 365 Å². The van der Waals surface area contributed by atoms with Gasteiger partial charge in [0.2, 0.25) is 0 Å². The fourth-order valence-electron chi connectivity index (χ4n) is 19.2. The number of para-hydroxylation sites is 2. The minimum absolute atomic E-state index is 0.402. The number of rotatable bonds is 4. The summed E-state index contributed by atoms with van der Waals surface area (Å²) >= 11 is 3.75. The van der Waals surface area contributed by atoms with Crippen molar-refractivity contribution in [2.24, 2.45) is 0 Å². The Morgan fingerprint density at radius 3 is 1.06 bits per heavy atom. The molecule has 16 aromatic carbocycles. The van der Waals surface area contributed by atoms with Gasteiger partial charge in [-0.15, -0.1) is 0 Å². The molecule has 4 heterocycles. The predicted molar refractivity (Wildman–Crippen MR) is 446 cm³/mol. The molecular formula is C100H60BBrN2O4. The van der Waals surface area contributed by atoms with E-state index in [2.05, 4.69) is 271 Å². The van der Waals surface area contributed by atoms with Gasteiger partial charge in [-0.2, -0.15) is 0 Å². The highest BCUT2D eigenvalue weighted by Crippen LogP contribution is 2.66. The highest BCUT2D eigenvalue weighted by Gasteiger charge is 2.54. The third-order valence-electron chi connectivity index (χ3n) is 23.4. The van der Waals surface area contributed by atoms with E-state index in [1.54, 1.807) is 0 Å². The van der Waals surface area contributed by atoms with Crippen molar-refractivity contribution in [1.82, 2.24) is 9.97 Å². The van der Waals surface area contributed by atoms with Gasteiger partial charge in [0.1, 0.15) is 22.3 Å². The largest absolute Gasteiger partial charge is 0.489 e. The zero-order valence-corrected chi connectivity index (χ0v) is 59.6. The Bertz CT molecular complexity index is 7090. The number of hydrogen-bond donors (Lipinski definition) is 2. The molecule has 0 saturated heterocycles. The number of pyridine rings is 2. The average molecular weight is 1440 g/mol. The van der Waals surface area contributed by atoms with Crippen LogP contribution >= 0.6 is 15.9 Å². The van der Waals surface area contributed by atoms with Crippen molar-refractivity contribution in [1.29, 1.82) is 0 Å². The van der Waals surface area contributed by atoms with Gasteiger partial charge in [0.25, 0.3) is 0 Å². The van der Waals surface area contributed by atoms with Gasteiger partial charge in [-0.05, 0) is 215 Å². The summed E-state index contributed by atoms with van der Waals surface area (Å²) < 4.78 is 13.8. The van der Waals surface area contributed by atoms with E-state index >= 15 is 0 Å². The topological polar surface area (TPSA) is 92.5 Å². The smallest absolute Gasteiger partial charge is 0.456 e. The Balaban J connectivity index is 0.000000110. The number of benzene rings is 16. The fraction of sp³-hybridized carbons (Fsp3) is 0.0200. The van der Waals surface area contributed by atoms with E-state index in [1.165, 1.54) is 122 Å². The Labute approximate surface area is 630 Å². The van der Waals surface area contributed by atoms with Crippen LogP contribution in [-0.4, -0.2) is 27.1 Å². The Morgan fingerprint density at radius 1 is 0.250 bits per heavy atom. The first-order chi connectivity index (χ1) is 53.3. The van der Waals surface area contributed by atoms with Gasteiger partial charge in [-0.3, -0.25) is 9.97 Å². The van der Waals surface area contributed by atoms with Crippen molar-refractivity contribution >= 4 is 115 Å². The molecule has 0 radical (unpaired) electrons. The highest BCUT2D eigenvalue weighted by atomic mass is 79.9. The molecule has 4 aromatic heterocycles. The number of hydrogen-bond acceptors (Lipinski definition) is 6. The van der Waals surface area contributed by atoms with Crippen LogP contribution in [0.5, 0.6) is 0 Å². The Kier molecular flexibility index (Phi) is 13.8. The third kappa shape index (κ3) is 8.79. The molecular weight excluding hydrogens is 1380 g/mol. The van der Waals surface area contributed by atoms with Crippen LogP contribution in [0.1, 0.15) is 44.5 Å². The van der Waals surface area contributed by atoms with E-state index in [0.717, 1.165) is 92.4 Å². The number of aromatic nitrogens is 2. The summed E-state index contributed by atoms with van der Waals surface area (Å²) in [6, 6.07) is 121. The van der Waals surface area contributed by atoms with Crippen molar-refractivity contribution < 1.29 is 18.9 Å². The monoisotopic (exact) mass is 1440 g/mol. The van der Waals surface area contributed by atoms with E-state index in [0.29, 0.717) is 5.46 Å². The number of furan rings is 2. The van der Waals surface area contributed by atoms with Gasteiger partial charge in [-0.1, -0.05) is 289 Å². The summed E-state index contributed by atoms with van der Waals surface area (Å²) in [5, 5.41) is 33.3. The van der Waals surface area contributed by atoms with Crippen LogP contribution in [-0.2, 0) is 10.8 Å². The molecule has 20 aromatic rings. The summed E-state index contributed by atoms with van der Waals surface area (Å²) in [5.74, 6) is 0. The lowest BCUT2D eigenvalue weighted by molar-refractivity contribution is 0.426. The van der Waals surface area contributed by atoms with Crippen LogP contribution in [0, 0.1) is 0 Å². The zero-order chi connectivity index (χ0) is 71.5. The number of nitrogens with zero attached hydrogens (tertiary/aromatic N) is 2. The Morgan fingerprint density at radius 2 is 0.602 bits per heavy atom. The summed E-state index contributed by atoms with van der Waals surface area (Å²) in [5.41, 5.74) is 30.2. The van der Waals surface area contributed by atoms with Crippen LogP contribution in [0.3, 0.4) is 0 Å². The number of fused-ring (bicyclic) bond motifs is 30. The molecule has 0 bridgehead atoms. The lowest BCUT2D eigenvalue weighted by atomic mass is 9.70. The summed E-state index contributed by atoms with van der Waals surface area (Å²) in [6.45, 7) is 0. The first kappa shape index (κ1) is 62.3. The van der Waals surface area contributed by atoms with Crippen molar-refractivity contribution in [3.8, 4) is 78.1 Å². The molecule has 2 atom stereocenters. The van der Waals surface area contributed by atoms with Gasteiger partial charge in [0.05, 0.1) is 22.2 Å². The SMILES string of the molecule is Brc1ccc2c(c1)C1(c3ccccc3-c3cc4oc5ccccc5c4cc31)c1cccnc1-2.OB(O)c1c2ccccc2c(-c2ccccc2)c2ccccc12.c1ccc(-c2c3ccccc3c(-c3ccc4c(c3)C3(c5ccccc5-c5cc6oc7ccccc7c6cc53)c3cccnc3-4)c3ccccc23)cc1. The average Bonchev–Trinajstić information content (AvgIpc) is 1.51. The molecule has 2 unspecified atom stereocenters. The van der Waals surface area contributed by atoms with Gasteiger partial charge >= 0.3 is 7.12 Å². The molecule has 24 rings (SSSR count). The molecule has 2 N–H and O–H groups in total. The Hall–Kier alpha value is -13.1. The van der Waals surface area contributed by atoms with Crippen molar-refractivity contribution in [3.63, 3.8) is 0 Å². The second kappa shape index (κ2) is 24.0. The number of halogens is 1. The second-order valence-electron chi connectivity index (χ2n) is 28.7. The van der Waals surface area contributed by atoms with Crippen LogP contribution < -0.4 is 5.46 Å². The van der Waals surface area contributed by atoms with Gasteiger partial charge in [-0.25, -0.2) is 0 Å². The maximum absolute atomic E-state index is 9.94. The lowest BCUT2D eigenvalue weighted by Crippen LogP contribution is -2.31. The molecule has 8 heteroatoms. The standard InChI is InChI=1S/C50H29NO.C30H16BrNO.C20H15BO2/c1-2-13-30(14-3-1)47-34-17-4-6-19-36(34)48(37-20-7-5-18-35(37)47)31-24-25-38-43(27-31)50(42-22-12-26-51-49(38)42)41-21-10-8-15-32(41)39-29-46-40(28-44(39)50)33-16-9-11-23-45(33)52-46;31-17-11-12-20-25(14-17)30(24-9-5-13-32-29(20)24)23-8-3-1-6-18(23)21-16-28-22(15-26(21)30)19-7-2-4-10-27(19)33-28;22-21(23)20-17-12-6-4-10-15(17)19(14-8-2-1-3-9-14)16-11-5-7-13-18(16)20/h1-29H;1-16H;1-13,22-23H. The summed E-state index contributed by atoms with van der Waals surface area (Å²) in [4.78, 5) is 9.96. The van der Waals surface area contributed by atoms with E-state index in [9.17, 15) is 10.0 Å². The van der Waals surface area contributed by atoms with E-state index < -0.39 is 17.9 Å². The summed E-state index contributed by atoms with van der Waals surface area (Å²) in [6.07, 6.45) is 3.84. The van der Waals surface area contributed by atoms with E-state index in [1.807, 2.05) is 97.3 Å². The molecule has 2 spiro atoms. The normalized spacial score (nSPS) is 15.1. The molecule has 4 aliphatic carbocycles. The minimum Gasteiger partial charge on any atom is -0.456 e. The molecule has 6 nitrogen and oxygen atoms in total. The molecule has 0 fully saturated rings. The first-order valence-corrected chi connectivity index (χ1v) is 37.5. The zero-order valence-electron chi connectivity index (χ0n) is 58.0. The maximum Gasteiger partial charge on any atom is 0.489 e. The molecule has 0 amide bonds. The summed E-state index contributed by atoms with van der Waals surface area (Å²) in [7, 11) is -1.50. The van der Waals surface area contributed by atoms with Crippen LogP contribution in [0.2, 0.25) is 0 Å². The minimum atomic E-state index is -1.50. The van der Waals surface area contributed by atoms with Gasteiger partial charge < -0.3 is 18.9 Å². The van der Waals surface area contributed by atoms with Crippen LogP contribution in [0.4, 0.5) is 0 Å². The third-order valence-corrected chi connectivity index (χ3v) is 23.9. The van der Waals surface area contributed by atoms with Crippen molar-refractivity contribution in [2.75, 3.05) is 0 Å². The van der Waals surface area contributed by atoms with Gasteiger partial charge in [0, 0.05) is 49.5 Å². The highest BCUT2D eigenvalue weighted by molar-refractivity contribution is 9.10. The van der Waals surface area contributed by atoms with Crippen LogP contribution in [0.25, 0.3) is 165 Å². The lowest BCUT2D eigenvalue weighted by Gasteiger charge is -2.30. The quantitative estimate of drug-likeness (QED) is 0.135. The predicted octanol–water partition coefficient (Wildman–Crippen LogP) is 24.4. The van der Waals surface area contributed by atoms with E-state index in [-0.39, 0.29) is 0 Å². The maximum atomic E-state index is 9.94. The fourth-order valence-corrected chi connectivity index (χ4v) is 19.6. The molecule has 4 aliphatic rings. The van der Waals surface area contributed by atoms with Crippen molar-refractivity contribution in [3.05, 3.63) is 401 Å². The second-order valence-corrected chi connectivity index (χ2v) is 29.6. The molecule has 504 valence electrons. The first-order valence-electron chi connectivity index (χ1n) is 36.7. The molecule has 0 aliphatic heterocycles. The van der Waals surface area contributed by atoms with Gasteiger partial charge in [0.15, 0.2) is 0 Å². The van der Waals surface area contributed by atoms with Crippen molar-refractivity contribution in [2.45, 2.75) is 10.8 Å². The molecule has 108 heavy (non-hydrogen) atoms.